The number of carboxylic acids is 1. The van der Waals surface area contributed by atoms with E-state index < -0.39 is 11.5 Å². The van der Waals surface area contributed by atoms with Crippen LogP contribution in [0.2, 0.25) is 0 Å². The van der Waals surface area contributed by atoms with Gasteiger partial charge >= 0.3 is 5.97 Å². The molecule has 0 saturated carbocycles. The largest absolute Gasteiger partial charge is 0.481 e. The highest BCUT2D eigenvalue weighted by Gasteiger charge is 2.42. The van der Waals surface area contributed by atoms with Gasteiger partial charge in [-0.05, 0) is 0 Å². The molecule has 0 aliphatic carbocycles. The van der Waals surface area contributed by atoms with Crippen LogP contribution in [0.5, 0.6) is 0 Å². The number of ether oxygens (including phenoxy) is 1. The quantitative estimate of drug-likeness (QED) is 0.763. The highest BCUT2D eigenvalue weighted by atomic mass is 16.5. The SMILES string of the molecule is CC(=O)NC1(c2noc(CCC(=O)O)n2)CCOC1. The van der Waals surface area contributed by atoms with Crippen molar-refractivity contribution in [2.24, 2.45) is 0 Å². The summed E-state index contributed by atoms with van der Waals surface area (Å²) in [4.78, 5) is 25.9. The van der Waals surface area contributed by atoms with Gasteiger partial charge < -0.3 is 19.7 Å². The van der Waals surface area contributed by atoms with Crippen molar-refractivity contribution in [3.63, 3.8) is 0 Å². The van der Waals surface area contributed by atoms with Gasteiger partial charge in [0, 0.05) is 26.4 Å². The molecule has 8 nitrogen and oxygen atoms in total. The first-order valence-electron chi connectivity index (χ1n) is 5.93. The maximum atomic E-state index is 11.3. The first-order valence-corrected chi connectivity index (χ1v) is 5.93. The van der Waals surface area contributed by atoms with Crippen LogP contribution in [0, 0.1) is 0 Å². The molecule has 2 heterocycles. The number of hydrogen-bond donors (Lipinski definition) is 2. The van der Waals surface area contributed by atoms with Gasteiger partial charge in [-0.3, -0.25) is 9.59 Å². The minimum Gasteiger partial charge on any atom is -0.481 e. The van der Waals surface area contributed by atoms with Gasteiger partial charge in [-0.1, -0.05) is 5.16 Å². The van der Waals surface area contributed by atoms with E-state index >= 15 is 0 Å². The Morgan fingerprint density at radius 2 is 2.32 bits per heavy atom. The van der Waals surface area contributed by atoms with Crippen molar-refractivity contribution >= 4 is 11.9 Å². The number of hydrogen-bond acceptors (Lipinski definition) is 6. The molecular weight excluding hydrogens is 254 g/mol. The molecule has 8 heteroatoms. The van der Waals surface area contributed by atoms with Crippen LogP contribution in [-0.2, 0) is 26.3 Å². The minimum absolute atomic E-state index is 0.0781. The number of amides is 1. The Labute approximate surface area is 109 Å². The molecule has 2 N–H and O–H groups in total. The minimum atomic E-state index is -0.930. The summed E-state index contributed by atoms with van der Waals surface area (Å²) in [5, 5.41) is 15.2. The number of aliphatic carboxylic acids is 1. The highest BCUT2D eigenvalue weighted by molar-refractivity contribution is 5.74. The van der Waals surface area contributed by atoms with Crippen LogP contribution in [0.4, 0.5) is 0 Å². The summed E-state index contributed by atoms with van der Waals surface area (Å²) in [5.74, 6) is -0.558. The van der Waals surface area contributed by atoms with E-state index in [0.717, 1.165) is 0 Å². The lowest BCUT2D eigenvalue weighted by Gasteiger charge is -2.23. The van der Waals surface area contributed by atoms with E-state index in [1.54, 1.807) is 0 Å². The van der Waals surface area contributed by atoms with Gasteiger partial charge in [-0.2, -0.15) is 4.98 Å². The fraction of sp³-hybridized carbons (Fsp3) is 0.636. The monoisotopic (exact) mass is 269 g/mol. The highest BCUT2D eigenvalue weighted by Crippen LogP contribution is 2.28. The zero-order valence-electron chi connectivity index (χ0n) is 10.5. The van der Waals surface area contributed by atoms with E-state index in [0.29, 0.717) is 18.9 Å². The van der Waals surface area contributed by atoms with Gasteiger partial charge in [0.05, 0.1) is 13.0 Å². The molecule has 1 aliphatic heterocycles. The molecule has 1 fully saturated rings. The molecule has 0 bridgehead atoms. The molecule has 0 radical (unpaired) electrons. The Morgan fingerprint density at radius 1 is 1.53 bits per heavy atom. The lowest BCUT2D eigenvalue weighted by Crippen LogP contribution is -2.46. The second-order valence-electron chi connectivity index (χ2n) is 4.47. The predicted molar refractivity (Wildman–Crippen MR) is 61.2 cm³/mol. The van der Waals surface area contributed by atoms with Crippen molar-refractivity contribution in [1.29, 1.82) is 0 Å². The fourth-order valence-corrected chi connectivity index (χ4v) is 2.00. The summed E-state index contributed by atoms with van der Waals surface area (Å²) in [6, 6.07) is 0. The summed E-state index contributed by atoms with van der Waals surface area (Å²) in [5.41, 5.74) is -0.767. The molecule has 1 aromatic rings. The first kappa shape index (κ1) is 13.5. The van der Waals surface area contributed by atoms with Crippen molar-refractivity contribution in [2.45, 2.75) is 31.7 Å². The van der Waals surface area contributed by atoms with E-state index in [-0.39, 0.29) is 31.2 Å². The summed E-state index contributed by atoms with van der Waals surface area (Å²) in [6.07, 6.45) is 0.648. The number of carboxylic acid groups (broad SMARTS) is 1. The molecule has 19 heavy (non-hydrogen) atoms. The number of aryl methyl sites for hydroxylation is 1. The van der Waals surface area contributed by atoms with Gasteiger partial charge in [0.15, 0.2) is 5.82 Å². The first-order chi connectivity index (χ1) is 9.02. The van der Waals surface area contributed by atoms with Crippen LogP contribution < -0.4 is 5.32 Å². The van der Waals surface area contributed by atoms with Crippen molar-refractivity contribution < 1.29 is 24.0 Å². The van der Waals surface area contributed by atoms with Crippen LogP contribution in [-0.4, -0.2) is 40.3 Å². The van der Waals surface area contributed by atoms with E-state index in [1.165, 1.54) is 6.92 Å². The van der Waals surface area contributed by atoms with Crippen molar-refractivity contribution in [2.75, 3.05) is 13.2 Å². The summed E-state index contributed by atoms with van der Waals surface area (Å²) < 4.78 is 10.3. The average molecular weight is 269 g/mol. The molecule has 1 unspecified atom stereocenters. The van der Waals surface area contributed by atoms with Crippen LogP contribution in [0.25, 0.3) is 0 Å². The number of nitrogens with zero attached hydrogens (tertiary/aromatic N) is 2. The third-order valence-electron chi connectivity index (χ3n) is 2.89. The maximum absolute atomic E-state index is 11.3. The lowest BCUT2D eigenvalue weighted by molar-refractivity contribution is -0.137. The summed E-state index contributed by atoms with van der Waals surface area (Å²) in [6.45, 7) is 2.19. The van der Waals surface area contributed by atoms with E-state index in [4.69, 9.17) is 14.4 Å². The molecule has 1 atom stereocenters. The zero-order chi connectivity index (χ0) is 13.9. The molecule has 1 amide bonds. The predicted octanol–water partition coefficient (Wildman–Crippen LogP) is -0.161. The number of carbonyl (C=O) groups excluding carboxylic acids is 1. The van der Waals surface area contributed by atoms with Crippen molar-refractivity contribution in [1.82, 2.24) is 15.5 Å². The maximum Gasteiger partial charge on any atom is 0.303 e. The Morgan fingerprint density at radius 3 is 2.89 bits per heavy atom. The molecule has 0 aromatic carbocycles. The van der Waals surface area contributed by atoms with Crippen molar-refractivity contribution in [3.8, 4) is 0 Å². The molecular formula is C11H15N3O5. The van der Waals surface area contributed by atoms with Crippen LogP contribution in [0.1, 0.15) is 31.5 Å². The van der Waals surface area contributed by atoms with Gasteiger partial charge in [-0.25, -0.2) is 0 Å². The van der Waals surface area contributed by atoms with Crippen molar-refractivity contribution in [3.05, 3.63) is 11.7 Å². The number of carbonyl (C=O) groups is 2. The smallest absolute Gasteiger partial charge is 0.303 e. The Hall–Kier alpha value is -1.96. The fourth-order valence-electron chi connectivity index (χ4n) is 2.00. The van der Waals surface area contributed by atoms with Gasteiger partial charge in [-0.15, -0.1) is 0 Å². The Balaban J connectivity index is 2.14. The third kappa shape index (κ3) is 3.08. The second kappa shape index (κ2) is 5.35. The van der Waals surface area contributed by atoms with Gasteiger partial charge in [0.2, 0.25) is 11.8 Å². The van der Waals surface area contributed by atoms with Gasteiger partial charge in [0.25, 0.3) is 0 Å². The second-order valence-corrected chi connectivity index (χ2v) is 4.47. The summed E-state index contributed by atoms with van der Waals surface area (Å²) in [7, 11) is 0. The summed E-state index contributed by atoms with van der Waals surface area (Å²) >= 11 is 0. The normalized spacial score (nSPS) is 22.4. The molecule has 1 aliphatic rings. The number of rotatable bonds is 5. The Kier molecular flexibility index (Phi) is 3.79. The number of nitrogens with one attached hydrogen (secondary N) is 1. The third-order valence-corrected chi connectivity index (χ3v) is 2.89. The Bertz CT molecular complexity index is 478. The topological polar surface area (TPSA) is 115 Å². The molecule has 1 saturated heterocycles. The van der Waals surface area contributed by atoms with E-state index in [9.17, 15) is 9.59 Å². The van der Waals surface area contributed by atoms with Crippen LogP contribution in [0.15, 0.2) is 4.52 Å². The zero-order valence-corrected chi connectivity index (χ0v) is 10.5. The standard InChI is InChI=1S/C11H15N3O5/c1-7(15)13-11(4-5-18-6-11)10-12-8(19-14-10)2-3-9(16)17/h2-6H2,1H3,(H,13,15)(H,16,17). The molecule has 104 valence electrons. The van der Waals surface area contributed by atoms with Gasteiger partial charge in [0.1, 0.15) is 5.54 Å². The molecule has 2 rings (SSSR count). The molecule has 1 aromatic heterocycles. The van der Waals surface area contributed by atoms with E-state index in [1.807, 2.05) is 0 Å². The van der Waals surface area contributed by atoms with Crippen LogP contribution in [0.3, 0.4) is 0 Å². The number of aromatic nitrogens is 2. The van der Waals surface area contributed by atoms with E-state index in [2.05, 4.69) is 15.5 Å². The molecule has 0 spiro atoms. The van der Waals surface area contributed by atoms with Crippen LogP contribution >= 0.6 is 0 Å². The lowest BCUT2D eigenvalue weighted by atomic mass is 9.98. The average Bonchev–Trinajstić information content (AvgIpc) is 2.94.